The number of nitrogens with one attached hydrogen (secondary N) is 1. The normalized spacial score (nSPS) is 12.0. The lowest BCUT2D eigenvalue weighted by atomic mass is 10.1. The summed E-state index contributed by atoms with van der Waals surface area (Å²) in [4.78, 5) is 25.4. The first-order valence-electron chi connectivity index (χ1n) is 9.03. The van der Waals surface area contributed by atoms with Crippen LogP contribution in [0, 0.1) is 6.92 Å². The second-order valence-electron chi connectivity index (χ2n) is 6.59. The highest BCUT2D eigenvalue weighted by Gasteiger charge is 2.21. The zero-order valence-electron chi connectivity index (χ0n) is 15.9. The van der Waals surface area contributed by atoms with Crippen LogP contribution < -0.4 is 15.6 Å². The monoisotopic (exact) mass is 364 g/mol. The van der Waals surface area contributed by atoms with Crippen LogP contribution >= 0.6 is 0 Å². The van der Waals surface area contributed by atoms with Gasteiger partial charge in [-0.15, -0.1) is 0 Å². The van der Waals surface area contributed by atoms with Gasteiger partial charge < -0.3 is 10.1 Å². The number of rotatable bonds is 6. The van der Waals surface area contributed by atoms with Crippen LogP contribution in [0.2, 0.25) is 0 Å². The minimum absolute atomic E-state index is 0.191. The Balaban J connectivity index is 1.87. The van der Waals surface area contributed by atoms with E-state index in [1.807, 2.05) is 49.4 Å². The fourth-order valence-corrected chi connectivity index (χ4v) is 3.32. The third kappa shape index (κ3) is 3.87. The van der Waals surface area contributed by atoms with Crippen molar-refractivity contribution in [1.29, 1.82) is 0 Å². The number of hydrogen-bond acceptors (Lipinski definition) is 3. The highest BCUT2D eigenvalue weighted by molar-refractivity contribution is 5.90. The summed E-state index contributed by atoms with van der Waals surface area (Å²) in [6.45, 7) is 4.14. The fraction of sp³-hybridized carbons (Fsp3) is 0.273. The molecule has 1 atom stereocenters. The maximum atomic E-state index is 12.7. The number of ether oxygens (including phenoxy) is 1. The lowest BCUT2D eigenvalue weighted by Crippen LogP contribution is -2.37. The highest BCUT2D eigenvalue weighted by atomic mass is 16.5. The summed E-state index contributed by atoms with van der Waals surface area (Å²) in [6, 6.07) is 16.5. The molecule has 1 unspecified atom stereocenters. The molecule has 2 aromatic carbocycles. The fourth-order valence-electron chi connectivity index (χ4n) is 3.32. The van der Waals surface area contributed by atoms with E-state index < -0.39 is 6.04 Å². The van der Waals surface area contributed by atoms with E-state index in [0.29, 0.717) is 17.8 Å². The number of amides is 1. The predicted octanol–water partition coefficient (Wildman–Crippen LogP) is 3.24. The lowest BCUT2D eigenvalue weighted by molar-refractivity contribution is -0.123. The van der Waals surface area contributed by atoms with Crippen LogP contribution in [0.25, 0.3) is 10.9 Å². The van der Waals surface area contributed by atoms with Crippen LogP contribution in [0.3, 0.4) is 0 Å². The number of aromatic nitrogens is 1. The van der Waals surface area contributed by atoms with Gasteiger partial charge in [0.1, 0.15) is 11.8 Å². The third-order valence-electron chi connectivity index (χ3n) is 4.78. The summed E-state index contributed by atoms with van der Waals surface area (Å²) >= 11 is 0. The smallest absolute Gasteiger partial charge is 0.252 e. The number of benzene rings is 2. The summed E-state index contributed by atoms with van der Waals surface area (Å²) in [5, 5.41) is 3.83. The number of pyridine rings is 1. The molecular weight excluding hydrogens is 340 g/mol. The molecule has 0 fully saturated rings. The maximum Gasteiger partial charge on any atom is 0.252 e. The van der Waals surface area contributed by atoms with Crippen molar-refractivity contribution in [3.63, 3.8) is 0 Å². The van der Waals surface area contributed by atoms with Gasteiger partial charge in [0.05, 0.1) is 12.6 Å². The summed E-state index contributed by atoms with van der Waals surface area (Å²) < 4.78 is 6.97. The Hall–Kier alpha value is -3.08. The average molecular weight is 364 g/mol. The van der Waals surface area contributed by atoms with Gasteiger partial charge in [0, 0.05) is 18.0 Å². The predicted molar refractivity (Wildman–Crippen MR) is 107 cm³/mol. The molecule has 1 heterocycles. The molecule has 5 heteroatoms. The molecule has 3 aromatic rings. The van der Waals surface area contributed by atoms with E-state index in [4.69, 9.17) is 4.74 Å². The molecule has 0 aliphatic rings. The van der Waals surface area contributed by atoms with Crippen molar-refractivity contribution in [2.24, 2.45) is 0 Å². The van der Waals surface area contributed by atoms with E-state index in [-0.39, 0.29) is 11.5 Å². The van der Waals surface area contributed by atoms with E-state index in [0.717, 1.165) is 22.9 Å². The zero-order chi connectivity index (χ0) is 19.4. The van der Waals surface area contributed by atoms with Crippen LogP contribution in [0.1, 0.15) is 24.1 Å². The van der Waals surface area contributed by atoms with Gasteiger partial charge in [-0.2, -0.15) is 0 Å². The molecule has 0 aliphatic heterocycles. The molecule has 0 aliphatic carbocycles. The van der Waals surface area contributed by atoms with Gasteiger partial charge in [0.15, 0.2) is 0 Å². The van der Waals surface area contributed by atoms with E-state index in [2.05, 4.69) is 5.32 Å². The van der Waals surface area contributed by atoms with Crippen LogP contribution in [0.4, 0.5) is 0 Å². The number of hydrogen-bond donors (Lipinski definition) is 1. The quantitative estimate of drug-likeness (QED) is 0.730. The molecule has 27 heavy (non-hydrogen) atoms. The SMILES string of the molecule is COc1cccc2c(C)cc(=O)n(C(C)C(=O)NCCc3ccccc3)c12. The number of aryl methyl sites for hydroxylation is 1. The highest BCUT2D eigenvalue weighted by Crippen LogP contribution is 2.28. The van der Waals surface area contributed by atoms with Crippen molar-refractivity contribution >= 4 is 16.8 Å². The van der Waals surface area contributed by atoms with Crippen LogP contribution in [-0.4, -0.2) is 24.1 Å². The number of carbonyl (C=O) groups excluding carboxylic acids is 1. The standard InChI is InChI=1S/C22H24N2O3/c1-15-14-20(25)24(21-18(15)10-7-11-19(21)27-3)16(2)22(26)23-13-12-17-8-5-4-6-9-17/h4-11,14,16H,12-13H2,1-3H3,(H,23,26). The van der Waals surface area contributed by atoms with Crippen molar-refractivity contribution in [3.05, 3.63) is 76.1 Å². The Kier molecular flexibility index (Phi) is 5.60. The van der Waals surface area contributed by atoms with Crippen LogP contribution in [0.15, 0.2) is 59.4 Å². The number of para-hydroxylation sites is 1. The summed E-state index contributed by atoms with van der Waals surface area (Å²) in [6.07, 6.45) is 0.742. The summed E-state index contributed by atoms with van der Waals surface area (Å²) in [5.41, 5.74) is 2.46. The van der Waals surface area contributed by atoms with E-state index in [9.17, 15) is 9.59 Å². The molecule has 1 aromatic heterocycles. The molecule has 140 valence electrons. The molecule has 5 nitrogen and oxygen atoms in total. The molecule has 0 saturated heterocycles. The van der Waals surface area contributed by atoms with Crippen molar-refractivity contribution in [2.75, 3.05) is 13.7 Å². The molecule has 3 rings (SSSR count). The van der Waals surface area contributed by atoms with E-state index in [1.165, 1.54) is 4.57 Å². The van der Waals surface area contributed by atoms with Gasteiger partial charge >= 0.3 is 0 Å². The third-order valence-corrected chi connectivity index (χ3v) is 4.78. The van der Waals surface area contributed by atoms with Crippen molar-refractivity contribution in [1.82, 2.24) is 9.88 Å². The topological polar surface area (TPSA) is 60.3 Å². The van der Waals surface area contributed by atoms with Gasteiger partial charge in [-0.05, 0) is 37.5 Å². The Labute approximate surface area is 158 Å². The number of carbonyl (C=O) groups is 1. The Morgan fingerprint density at radius 1 is 1.15 bits per heavy atom. The average Bonchev–Trinajstić information content (AvgIpc) is 2.68. The molecular formula is C22H24N2O3. The number of nitrogens with zero attached hydrogens (tertiary/aromatic N) is 1. The van der Waals surface area contributed by atoms with Gasteiger partial charge in [-0.1, -0.05) is 42.5 Å². The van der Waals surface area contributed by atoms with Gasteiger partial charge in [0.25, 0.3) is 5.56 Å². The maximum absolute atomic E-state index is 12.7. The zero-order valence-corrected chi connectivity index (χ0v) is 15.9. The minimum Gasteiger partial charge on any atom is -0.495 e. The first kappa shape index (κ1) is 18.7. The number of fused-ring (bicyclic) bond motifs is 1. The molecule has 0 bridgehead atoms. The molecule has 0 saturated carbocycles. The minimum atomic E-state index is -0.646. The van der Waals surface area contributed by atoms with Crippen LogP contribution in [0.5, 0.6) is 5.75 Å². The lowest BCUT2D eigenvalue weighted by Gasteiger charge is -2.20. The van der Waals surface area contributed by atoms with Gasteiger partial charge in [0.2, 0.25) is 5.91 Å². The Bertz CT molecular complexity index is 1010. The number of methoxy groups -OCH3 is 1. The van der Waals surface area contributed by atoms with Crippen LogP contribution in [-0.2, 0) is 11.2 Å². The van der Waals surface area contributed by atoms with Crippen molar-refractivity contribution < 1.29 is 9.53 Å². The van der Waals surface area contributed by atoms with Crippen molar-refractivity contribution in [2.45, 2.75) is 26.3 Å². The first-order chi connectivity index (χ1) is 13.0. The Morgan fingerprint density at radius 2 is 1.89 bits per heavy atom. The summed E-state index contributed by atoms with van der Waals surface area (Å²) in [5.74, 6) is 0.390. The second-order valence-corrected chi connectivity index (χ2v) is 6.59. The molecule has 0 radical (unpaired) electrons. The molecule has 1 amide bonds. The first-order valence-corrected chi connectivity index (χ1v) is 9.03. The summed E-state index contributed by atoms with van der Waals surface area (Å²) in [7, 11) is 1.57. The van der Waals surface area contributed by atoms with E-state index >= 15 is 0 Å². The van der Waals surface area contributed by atoms with E-state index in [1.54, 1.807) is 26.2 Å². The van der Waals surface area contributed by atoms with Crippen molar-refractivity contribution in [3.8, 4) is 5.75 Å². The van der Waals surface area contributed by atoms with Gasteiger partial charge in [-0.25, -0.2) is 0 Å². The largest absolute Gasteiger partial charge is 0.495 e. The van der Waals surface area contributed by atoms with Gasteiger partial charge in [-0.3, -0.25) is 14.2 Å². The second kappa shape index (κ2) is 8.08. The Morgan fingerprint density at radius 3 is 2.59 bits per heavy atom. The molecule has 0 spiro atoms. The molecule has 1 N–H and O–H groups in total.